The molecule has 0 spiro atoms. The topological polar surface area (TPSA) is 51.2 Å². The molecule has 0 unspecified atom stereocenters. The summed E-state index contributed by atoms with van der Waals surface area (Å²) in [5.41, 5.74) is 2.26. The molecule has 22 heavy (non-hydrogen) atoms. The number of carbonyl (C=O) groups is 1. The number of rotatable bonds is 4. The summed E-state index contributed by atoms with van der Waals surface area (Å²) in [7, 11) is 0. The van der Waals surface area contributed by atoms with Gasteiger partial charge in [0.2, 0.25) is 0 Å². The number of ether oxygens (including phenoxy) is 1. The number of hydrogen-bond donors (Lipinski definition) is 1. The van der Waals surface area contributed by atoms with Crippen molar-refractivity contribution in [3.63, 3.8) is 0 Å². The number of amides is 1. The third-order valence-electron chi connectivity index (χ3n) is 3.85. The molecule has 1 atom stereocenters. The van der Waals surface area contributed by atoms with Crippen molar-refractivity contribution in [1.82, 2.24) is 10.3 Å². The lowest BCUT2D eigenvalue weighted by atomic mass is 10.0. The van der Waals surface area contributed by atoms with Crippen LogP contribution in [0.4, 0.5) is 0 Å². The fourth-order valence-electron chi connectivity index (χ4n) is 2.72. The standard InChI is InChI=1S/C17H20N2O2S/c1-3-13-16(22-11(2)19-13)10-18-17(20)15-9-8-12-6-4-5-7-14(12)21-15/h4-7,15H,3,8-10H2,1-2H3,(H,18,20)/t15-/m1/s1. The van der Waals surface area contributed by atoms with Gasteiger partial charge in [0.25, 0.3) is 5.91 Å². The Bertz CT molecular complexity index is 681. The molecule has 4 nitrogen and oxygen atoms in total. The van der Waals surface area contributed by atoms with Crippen LogP contribution < -0.4 is 10.1 Å². The van der Waals surface area contributed by atoms with Crippen LogP contribution in [0, 0.1) is 6.92 Å². The molecule has 1 aliphatic rings. The Morgan fingerprint density at radius 3 is 3.09 bits per heavy atom. The predicted octanol–water partition coefficient (Wildman–Crippen LogP) is 3.02. The first-order valence-electron chi connectivity index (χ1n) is 7.65. The highest BCUT2D eigenvalue weighted by atomic mass is 32.1. The molecule has 2 aromatic rings. The first-order chi connectivity index (χ1) is 10.7. The van der Waals surface area contributed by atoms with Gasteiger partial charge in [-0.2, -0.15) is 0 Å². The van der Waals surface area contributed by atoms with Gasteiger partial charge in [-0.1, -0.05) is 25.1 Å². The van der Waals surface area contributed by atoms with Crippen molar-refractivity contribution in [1.29, 1.82) is 0 Å². The molecule has 1 amide bonds. The number of carbonyl (C=O) groups excluding carboxylic acids is 1. The monoisotopic (exact) mass is 316 g/mol. The molecule has 0 saturated heterocycles. The Kier molecular flexibility index (Phi) is 4.43. The summed E-state index contributed by atoms with van der Waals surface area (Å²) in [6, 6.07) is 7.92. The van der Waals surface area contributed by atoms with E-state index in [0.29, 0.717) is 6.54 Å². The van der Waals surface area contributed by atoms with Crippen LogP contribution in [0.1, 0.15) is 34.5 Å². The molecule has 1 N–H and O–H groups in total. The second-order valence-electron chi connectivity index (χ2n) is 5.43. The van der Waals surface area contributed by atoms with Gasteiger partial charge in [-0.05, 0) is 37.8 Å². The maximum atomic E-state index is 12.3. The Morgan fingerprint density at radius 2 is 2.27 bits per heavy atom. The van der Waals surface area contributed by atoms with Gasteiger partial charge in [-0.3, -0.25) is 4.79 Å². The molecule has 0 radical (unpaired) electrons. The summed E-state index contributed by atoms with van der Waals surface area (Å²) in [6.45, 7) is 4.62. The molecule has 2 heterocycles. The lowest BCUT2D eigenvalue weighted by Gasteiger charge is -2.25. The molecule has 1 aromatic heterocycles. The van der Waals surface area contributed by atoms with Gasteiger partial charge in [0.05, 0.1) is 17.2 Å². The molecule has 1 aliphatic heterocycles. The fourth-order valence-corrected chi connectivity index (χ4v) is 3.68. The van der Waals surface area contributed by atoms with E-state index >= 15 is 0 Å². The smallest absolute Gasteiger partial charge is 0.261 e. The number of benzene rings is 1. The average Bonchev–Trinajstić information content (AvgIpc) is 2.92. The summed E-state index contributed by atoms with van der Waals surface area (Å²) < 4.78 is 5.82. The quantitative estimate of drug-likeness (QED) is 0.943. The number of nitrogens with one attached hydrogen (secondary N) is 1. The van der Waals surface area contributed by atoms with Gasteiger partial charge in [0, 0.05) is 4.88 Å². The minimum absolute atomic E-state index is 0.0393. The molecule has 3 rings (SSSR count). The van der Waals surface area contributed by atoms with E-state index in [1.807, 2.05) is 25.1 Å². The van der Waals surface area contributed by atoms with E-state index in [4.69, 9.17) is 4.74 Å². The number of para-hydroxylation sites is 1. The summed E-state index contributed by atoms with van der Waals surface area (Å²) in [4.78, 5) is 18.0. The van der Waals surface area contributed by atoms with Crippen LogP contribution in [0.5, 0.6) is 5.75 Å². The largest absolute Gasteiger partial charge is 0.480 e. The highest BCUT2D eigenvalue weighted by Crippen LogP contribution is 2.27. The van der Waals surface area contributed by atoms with Crippen molar-refractivity contribution in [2.75, 3.05) is 0 Å². The summed E-state index contributed by atoms with van der Waals surface area (Å²) >= 11 is 1.65. The maximum absolute atomic E-state index is 12.3. The SMILES string of the molecule is CCc1nc(C)sc1CNC(=O)[C@H]1CCc2ccccc2O1. The van der Waals surface area contributed by atoms with Gasteiger partial charge in [-0.25, -0.2) is 4.98 Å². The van der Waals surface area contributed by atoms with Crippen molar-refractivity contribution in [2.45, 2.75) is 45.8 Å². The van der Waals surface area contributed by atoms with E-state index in [0.717, 1.165) is 40.6 Å². The summed E-state index contributed by atoms with van der Waals surface area (Å²) in [5, 5.41) is 4.04. The number of nitrogens with zero attached hydrogens (tertiary/aromatic N) is 1. The van der Waals surface area contributed by atoms with E-state index in [-0.39, 0.29) is 5.91 Å². The van der Waals surface area contributed by atoms with E-state index in [1.165, 1.54) is 5.56 Å². The Balaban J connectivity index is 1.61. The predicted molar refractivity (Wildman–Crippen MR) is 87.3 cm³/mol. The van der Waals surface area contributed by atoms with E-state index in [1.54, 1.807) is 11.3 Å². The first-order valence-corrected chi connectivity index (χ1v) is 8.46. The van der Waals surface area contributed by atoms with Crippen molar-refractivity contribution >= 4 is 17.2 Å². The summed E-state index contributed by atoms with van der Waals surface area (Å²) in [5.74, 6) is 0.791. The molecule has 5 heteroatoms. The van der Waals surface area contributed by atoms with Crippen LogP contribution >= 0.6 is 11.3 Å². The third-order valence-corrected chi connectivity index (χ3v) is 4.87. The normalized spacial score (nSPS) is 16.7. The molecule has 0 fully saturated rings. The van der Waals surface area contributed by atoms with E-state index in [2.05, 4.69) is 23.3 Å². The van der Waals surface area contributed by atoms with E-state index in [9.17, 15) is 4.79 Å². The van der Waals surface area contributed by atoms with Crippen LogP contribution in [-0.2, 0) is 24.2 Å². The van der Waals surface area contributed by atoms with Crippen LogP contribution in [0.15, 0.2) is 24.3 Å². The molecule has 1 aromatic carbocycles. The number of thiazole rings is 1. The van der Waals surface area contributed by atoms with Gasteiger partial charge >= 0.3 is 0 Å². The van der Waals surface area contributed by atoms with Gasteiger partial charge in [0.15, 0.2) is 6.10 Å². The number of fused-ring (bicyclic) bond motifs is 1. The number of aryl methyl sites for hydroxylation is 3. The van der Waals surface area contributed by atoms with Crippen LogP contribution in [0.25, 0.3) is 0 Å². The molecule has 0 aliphatic carbocycles. The van der Waals surface area contributed by atoms with E-state index < -0.39 is 6.10 Å². The lowest BCUT2D eigenvalue weighted by Crippen LogP contribution is -2.40. The molecule has 116 valence electrons. The molecular weight excluding hydrogens is 296 g/mol. The van der Waals surface area contributed by atoms with Crippen LogP contribution in [0.2, 0.25) is 0 Å². The zero-order valence-corrected chi connectivity index (χ0v) is 13.7. The molecular formula is C17H20N2O2S. The minimum Gasteiger partial charge on any atom is -0.480 e. The Labute approximate surface area is 134 Å². The van der Waals surface area contributed by atoms with Gasteiger partial charge < -0.3 is 10.1 Å². The molecule has 0 bridgehead atoms. The highest BCUT2D eigenvalue weighted by molar-refractivity contribution is 7.11. The Morgan fingerprint density at radius 1 is 1.45 bits per heavy atom. The zero-order valence-electron chi connectivity index (χ0n) is 12.9. The lowest BCUT2D eigenvalue weighted by molar-refractivity contribution is -0.128. The second-order valence-corrected chi connectivity index (χ2v) is 6.71. The van der Waals surface area contributed by atoms with Crippen molar-refractivity contribution in [3.05, 3.63) is 45.4 Å². The number of aromatic nitrogens is 1. The third kappa shape index (κ3) is 3.14. The minimum atomic E-state index is -0.394. The number of hydrogen-bond acceptors (Lipinski definition) is 4. The maximum Gasteiger partial charge on any atom is 0.261 e. The molecule has 0 saturated carbocycles. The Hall–Kier alpha value is -1.88. The first kappa shape index (κ1) is 15.0. The second kappa shape index (κ2) is 6.48. The average molecular weight is 316 g/mol. The van der Waals surface area contributed by atoms with Gasteiger partial charge in [-0.15, -0.1) is 11.3 Å². The van der Waals surface area contributed by atoms with Crippen LogP contribution in [0.3, 0.4) is 0 Å². The fraction of sp³-hybridized carbons (Fsp3) is 0.412. The van der Waals surface area contributed by atoms with Crippen molar-refractivity contribution < 1.29 is 9.53 Å². The zero-order chi connectivity index (χ0) is 15.5. The van der Waals surface area contributed by atoms with Crippen molar-refractivity contribution in [2.24, 2.45) is 0 Å². The highest BCUT2D eigenvalue weighted by Gasteiger charge is 2.25. The summed E-state index contributed by atoms with van der Waals surface area (Å²) in [6.07, 6.45) is 2.11. The van der Waals surface area contributed by atoms with Crippen LogP contribution in [-0.4, -0.2) is 17.0 Å². The van der Waals surface area contributed by atoms with Crippen molar-refractivity contribution in [3.8, 4) is 5.75 Å². The van der Waals surface area contributed by atoms with Gasteiger partial charge in [0.1, 0.15) is 5.75 Å².